The fourth-order valence-electron chi connectivity index (χ4n) is 2.36. The third-order valence-electron chi connectivity index (χ3n) is 3.40. The summed E-state index contributed by atoms with van der Waals surface area (Å²) < 4.78 is 4.51. The van der Waals surface area contributed by atoms with Gasteiger partial charge in [-0.1, -0.05) is 12.8 Å². The van der Waals surface area contributed by atoms with Crippen molar-refractivity contribution >= 4 is 11.9 Å². The van der Waals surface area contributed by atoms with E-state index < -0.39 is 0 Å². The van der Waals surface area contributed by atoms with E-state index >= 15 is 0 Å². The van der Waals surface area contributed by atoms with Crippen LogP contribution in [0.15, 0.2) is 0 Å². The molecule has 2 unspecified atom stereocenters. The fourth-order valence-corrected chi connectivity index (χ4v) is 2.36. The van der Waals surface area contributed by atoms with Crippen LogP contribution >= 0.6 is 0 Å². The monoisotopic (exact) mass is 242 g/mol. The molecule has 3 N–H and O–H groups in total. The molecule has 1 aliphatic carbocycles. The molecule has 0 heterocycles. The van der Waals surface area contributed by atoms with Crippen LogP contribution < -0.4 is 11.1 Å². The second kappa shape index (κ2) is 7.27. The second-order valence-corrected chi connectivity index (χ2v) is 4.50. The summed E-state index contributed by atoms with van der Waals surface area (Å²) >= 11 is 0. The van der Waals surface area contributed by atoms with Crippen LogP contribution in [0.2, 0.25) is 0 Å². The lowest BCUT2D eigenvalue weighted by Gasteiger charge is -2.29. The van der Waals surface area contributed by atoms with Gasteiger partial charge in [-0.3, -0.25) is 9.59 Å². The van der Waals surface area contributed by atoms with Crippen LogP contribution in [0.3, 0.4) is 0 Å². The van der Waals surface area contributed by atoms with Gasteiger partial charge in [0.05, 0.1) is 13.5 Å². The molecule has 0 radical (unpaired) electrons. The molecule has 5 nitrogen and oxygen atoms in total. The summed E-state index contributed by atoms with van der Waals surface area (Å²) in [4.78, 5) is 22.8. The van der Waals surface area contributed by atoms with Crippen LogP contribution in [0, 0.1) is 11.8 Å². The molecule has 1 rings (SSSR count). The summed E-state index contributed by atoms with van der Waals surface area (Å²) in [7, 11) is 1.34. The minimum atomic E-state index is -0.302. The molecule has 17 heavy (non-hydrogen) atoms. The summed E-state index contributed by atoms with van der Waals surface area (Å²) in [6, 6.07) is 0. The van der Waals surface area contributed by atoms with Crippen LogP contribution in [0.5, 0.6) is 0 Å². The molecule has 1 amide bonds. The molecule has 0 bridgehead atoms. The van der Waals surface area contributed by atoms with Crippen molar-refractivity contribution < 1.29 is 14.3 Å². The highest BCUT2D eigenvalue weighted by Crippen LogP contribution is 2.29. The van der Waals surface area contributed by atoms with Gasteiger partial charge in [0.25, 0.3) is 0 Å². The van der Waals surface area contributed by atoms with Crippen molar-refractivity contribution in [2.24, 2.45) is 17.6 Å². The van der Waals surface area contributed by atoms with Crippen molar-refractivity contribution in [3.05, 3.63) is 0 Å². The Morgan fingerprint density at radius 2 is 2.06 bits per heavy atom. The molecular formula is C12H22N2O3. The Kier molecular flexibility index (Phi) is 5.97. The van der Waals surface area contributed by atoms with Gasteiger partial charge in [0.2, 0.25) is 5.91 Å². The van der Waals surface area contributed by atoms with Gasteiger partial charge in [0.1, 0.15) is 0 Å². The Bertz CT molecular complexity index is 268. The fraction of sp³-hybridized carbons (Fsp3) is 0.833. The van der Waals surface area contributed by atoms with E-state index in [0.717, 1.165) is 25.7 Å². The Morgan fingerprint density at radius 1 is 1.35 bits per heavy atom. The van der Waals surface area contributed by atoms with E-state index in [-0.39, 0.29) is 24.2 Å². The van der Waals surface area contributed by atoms with Gasteiger partial charge in [-0.2, -0.15) is 0 Å². The zero-order chi connectivity index (χ0) is 12.7. The molecule has 0 aromatic rings. The molecule has 1 fully saturated rings. The first-order valence-corrected chi connectivity index (χ1v) is 6.23. The lowest BCUT2D eigenvalue weighted by Crippen LogP contribution is -2.40. The lowest BCUT2D eigenvalue weighted by molar-refractivity contribution is -0.140. The number of esters is 1. The van der Waals surface area contributed by atoms with Gasteiger partial charge in [0, 0.05) is 12.5 Å². The van der Waals surface area contributed by atoms with Crippen molar-refractivity contribution in [1.82, 2.24) is 5.32 Å². The van der Waals surface area contributed by atoms with Gasteiger partial charge in [-0.25, -0.2) is 0 Å². The van der Waals surface area contributed by atoms with Gasteiger partial charge >= 0.3 is 5.97 Å². The Labute approximate surface area is 102 Å². The van der Waals surface area contributed by atoms with E-state index in [0.29, 0.717) is 19.0 Å². The van der Waals surface area contributed by atoms with Crippen LogP contribution in [-0.2, 0) is 14.3 Å². The predicted octanol–water partition coefficient (Wildman–Crippen LogP) is 0.431. The predicted molar refractivity (Wildman–Crippen MR) is 64.1 cm³/mol. The highest BCUT2D eigenvalue weighted by molar-refractivity contribution is 5.79. The molecule has 1 aliphatic rings. The first kappa shape index (κ1) is 14.0. The van der Waals surface area contributed by atoms with E-state index in [9.17, 15) is 9.59 Å². The van der Waals surface area contributed by atoms with Crippen molar-refractivity contribution in [2.45, 2.75) is 32.1 Å². The van der Waals surface area contributed by atoms with Gasteiger partial charge < -0.3 is 15.8 Å². The molecule has 98 valence electrons. The number of methoxy groups -OCH3 is 1. The van der Waals surface area contributed by atoms with E-state index in [1.165, 1.54) is 7.11 Å². The van der Waals surface area contributed by atoms with Crippen LogP contribution in [-0.4, -0.2) is 32.1 Å². The Balaban J connectivity index is 2.32. The average molecular weight is 242 g/mol. The van der Waals surface area contributed by atoms with E-state index in [4.69, 9.17) is 5.73 Å². The number of rotatable bonds is 5. The molecular weight excluding hydrogens is 220 g/mol. The maximum Gasteiger partial charge on any atom is 0.307 e. The molecule has 0 aliphatic heterocycles. The van der Waals surface area contributed by atoms with Crippen LogP contribution in [0.25, 0.3) is 0 Å². The molecule has 2 atom stereocenters. The van der Waals surface area contributed by atoms with Crippen molar-refractivity contribution in [2.75, 3.05) is 20.2 Å². The average Bonchev–Trinajstić information content (AvgIpc) is 2.38. The molecule has 5 heteroatoms. The number of nitrogens with two attached hydrogens (primary N) is 1. The van der Waals surface area contributed by atoms with E-state index in [2.05, 4.69) is 10.1 Å². The zero-order valence-electron chi connectivity index (χ0n) is 10.4. The number of hydrogen-bond donors (Lipinski definition) is 2. The number of nitrogens with one attached hydrogen (secondary N) is 1. The molecule has 0 aromatic carbocycles. The largest absolute Gasteiger partial charge is 0.469 e. The van der Waals surface area contributed by atoms with Crippen LogP contribution in [0.1, 0.15) is 32.1 Å². The first-order chi connectivity index (χ1) is 8.19. The minimum Gasteiger partial charge on any atom is -0.469 e. The molecule has 0 saturated heterocycles. The summed E-state index contributed by atoms with van der Waals surface area (Å²) in [5.74, 6) is 0.0432. The summed E-state index contributed by atoms with van der Waals surface area (Å²) in [6.45, 7) is 0.911. The van der Waals surface area contributed by atoms with Gasteiger partial charge in [0.15, 0.2) is 0 Å². The summed E-state index contributed by atoms with van der Waals surface area (Å²) in [5, 5.41) is 2.79. The highest BCUT2D eigenvalue weighted by atomic mass is 16.5. The quantitative estimate of drug-likeness (QED) is 0.685. The topological polar surface area (TPSA) is 81.4 Å². The maximum atomic E-state index is 11.9. The molecule has 0 aromatic heterocycles. The van der Waals surface area contributed by atoms with Crippen molar-refractivity contribution in [1.29, 1.82) is 0 Å². The van der Waals surface area contributed by atoms with Crippen LogP contribution in [0.4, 0.5) is 0 Å². The molecule has 1 saturated carbocycles. The summed E-state index contributed by atoms with van der Waals surface area (Å²) in [5.41, 5.74) is 5.68. The SMILES string of the molecule is COC(=O)CCNC(=O)C1CCCCC1CN. The lowest BCUT2D eigenvalue weighted by atomic mass is 9.79. The third kappa shape index (κ3) is 4.34. The standard InChI is InChI=1S/C12H22N2O3/c1-17-11(15)6-7-14-12(16)10-5-3-2-4-9(10)8-13/h9-10H,2-8,13H2,1H3,(H,14,16). The maximum absolute atomic E-state index is 11.9. The minimum absolute atomic E-state index is 0.0198. The normalized spacial score (nSPS) is 24.1. The number of ether oxygens (including phenoxy) is 1. The third-order valence-corrected chi connectivity index (χ3v) is 3.40. The Morgan fingerprint density at radius 3 is 2.71 bits per heavy atom. The second-order valence-electron chi connectivity index (χ2n) is 4.50. The van der Waals surface area contributed by atoms with E-state index in [1.54, 1.807) is 0 Å². The molecule has 0 spiro atoms. The van der Waals surface area contributed by atoms with Crippen molar-refractivity contribution in [3.63, 3.8) is 0 Å². The Hall–Kier alpha value is -1.10. The highest BCUT2D eigenvalue weighted by Gasteiger charge is 2.29. The van der Waals surface area contributed by atoms with Gasteiger partial charge in [-0.05, 0) is 25.3 Å². The zero-order valence-corrected chi connectivity index (χ0v) is 10.4. The first-order valence-electron chi connectivity index (χ1n) is 6.23. The smallest absolute Gasteiger partial charge is 0.307 e. The number of amides is 1. The van der Waals surface area contributed by atoms with Gasteiger partial charge in [-0.15, -0.1) is 0 Å². The van der Waals surface area contributed by atoms with Crippen molar-refractivity contribution in [3.8, 4) is 0 Å². The number of carbonyl (C=O) groups is 2. The van der Waals surface area contributed by atoms with E-state index in [1.807, 2.05) is 0 Å². The summed E-state index contributed by atoms with van der Waals surface area (Å²) in [6.07, 6.45) is 4.42. The number of carbonyl (C=O) groups excluding carboxylic acids is 2. The number of hydrogen-bond acceptors (Lipinski definition) is 4.